The molecule has 0 heterocycles. The number of nitro benzene ring substituents is 2. The van der Waals surface area contributed by atoms with Gasteiger partial charge in [-0.1, -0.05) is 15.9 Å². The highest BCUT2D eigenvalue weighted by atomic mass is 79.9. The van der Waals surface area contributed by atoms with Gasteiger partial charge in [-0.3, -0.25) is 25.0 Å². The molecule has 0 N–H and O–H groups in total. The van der Waals surface area contributed by atoms with Crippen LogP contribution < -0.4 is 4.90 Å². The third-order valence-corrected chi connectivity index (χ3v) is 4.73. The molecule has 2 aromatic rings. The predicted molar refractivity (Wildman–Crippen MR) is 99.3 cm³/mol. The number of nitrogens with zero attached hydrogens (tertiary/aromatic N) is 3. The Morgan fingerprint density at radius 2 is 1.68 bits per heavy atom. The normalized spacial score (nSPS) is 11.2. The summed E-state index contributed by atoms with van der Waals surface area (Å²) in [4.78, 5) is 33.2. The molecule has 13 heteroatoms. The molecular weight excluding hydrogens is 519 g/mol. The van der Waals surface area contributed by atoms with Crippen LogP contribution in [0.15, 0.2) is 39.3 Å². The Bertz CT molecular complexity index is 998. The largest absolute Gasteiger partial charge is 0.417 e. The third-order valence-electron chi connectivity index (χ3n) is 3.60. The molecule has 28 heavy (non-hydrogen) atoms. The van der Waals surface area contributed by atoms with Crippen molar-refractivity contribution in [1.82, 2.24) is 0 Å². The van der Waals surface area contributed by atoms with E-state index in [0.29, 0.717) is 15.0 Å². The number of carbonyl (C=O) groups excluding carboxylic acids is 1. The van der Waals surface area contributed by atoms with Gasteiger partial charge >= 0.3 is 6.18 Å². The standard InChI is InChI=1S/C15H8Br2F3N3O5/c1-21(11-3-2-7(16)4-10(11)17)14(24)13-9(15(18,19)20)5-8(22(25)26)6-12(13)23(27)28/h2-6H,1H3. The van der Waals surface area contributed by atoms with Crippen LogP contribution in [0.2, 0.25) is 0 Å². The molecule has 148 valence electrons. The Kier molecular flexibility index (Phi) is 6.09. The molecule has 0 aliphatic rings. The lowest BCUT2D eigenvalue weighted by atomic mass is 10.0. The molecule has 2 rings (SSSR count). The van der Waals surface area contributed by atoms with Crippen molar-refractivity contribution in [2.24, 2.45) is 0 Å². The van der Waals surface area contributed by atoms with Crippen LogP contribution in [0.5, 0.6) is 0 Å². The van der Waals surface area contributed by atoms with Crippen LogP contribution in [0.1, 0.15) is 15.9 Å². The van der Waals surface area contributed by atoms with E-state index in [1.807, 2.05) is 0 Å². The van der Waals surface area contributed by atoms with Crippen LogP contribution in [-0.2, 0) is 6.18 Å². The molecule has 0 saturated carbocycles. The van der Waals surface area contributed by atoms with Crippen molar-refractivity contribution in [1.29, 1.82) is 0 Å². The highest BCUT2D eigenvalue weighted by molar-refractivity contribution is 9.11. The molecule has 0 atom stereocenters. The number of carbonyl (C=O) groups is 1. The van der Waals surface area contributed by atoms with E-state index in [1.54, 1.807) is 0 Å². The van der Waals surface area contributed by atoms with E-state index in [1.165, 1.54) is 18.2 Å². The summed E-state index contributed by atoms with van der Waals surface area (Å²) in [5, 5.41) is 22.2. The first-order chi connectivity index (χ1) is 12.8. The fourth-order valence-electron chi connectivity index (χ4n) is 2.34. The summed E-state index contributed by atoms with van der Waals surface area (Å²) in [6.07, 6.45) is -5.24. The van der Waals surface area contributed by atoms with Crippen molar-refractivity contribution in [2.45, 2.75) is 6.18 Å². The summed E-state index contributed by atoms with van der Waals surface area (Å²) in [6, 6.07) is 4.86. The van der Waals surface area contributed by atoms with Crippen LogP contribution in [0.25, 0.3) is 0 Å². The van der Waals surface area contributed by atoms with Gasteiger partial charge in [0.2, 0.25) is 0 Å². The van der Waals surface area contributed by atoms with Gasteiger partial charge in [0, 0.05) is 22.1 Å². The lowest BCUT2D eigenvalue weighted by Crippen LogP contribution is -2.30. The summed E-state index contributed by atoms with van der Waals surface area (Å²) in [6.45, 7) is 0. The lowest BCUT2D eigenvalue weighted by molar-refractivity contribution is -0.394. The molecule has 1 amide bonds. The Labute approximate surface area is 171 Å². The number of non-ortho nitro benzene ring substituents is 1. The van der Waals surface area contributed by atoms with Gasteiger partial charge < -0.3 is 4.90 Å². The minimum absolute atomic E-state index is 0.102. The van der Waals surface area contributed by atoms with Gasteiger partial charge in [0.15, 0.2) is 0 Å². The fraction of sp³-hybridized carbons (Fsp3) is 0.133. The molecule has 0 bridgehead atoms. The van der Waals surface area contributed by atoms with Gasteiger partial charge in [-0.2, -0.15) is 13.2 Å². The van der Waals surface area contributed by atoms with Crippen LogP contribution in [0.3, 0.4) is 0 Å². The molecule has 0 fully saturated rings. The number of benzene rings is 2. The minimum Gasteiger partial charge on any atom is -0.310 e. The average molecular weight is 527 g/mol. The molecule has 8 nitrogen and oxygen atoms in total. The first-order valence-electron chi connectivity index (χ1n) is 7.11. The van der Waals surface area contributed by atoms with Gasteiger partial charge in [0.25, 0.3) is 17.3 Å². The Balaban J connectivity index is 2.76. The van der Waals surface area contributed by atoms with Crippen molar-refractivity contribution >= 4 is 54.8 Å². The Morgan fingerprint density at radius 1 is 1.07 bits per heavy atom. The first kappa shape index (κ1) is 21.8. The van der Waals surface area contributed by atoms with E-state index >= 15 is 0 Å². The molecule has 2 aromatic carbocycles. The van der Waals surface area contributed by atoms with E-state index in [0.717, 1.165) is 11.9 Å². The zero-order valence-corrected chi connectivity index (χ0v) is 16.8. The molecule has 0 saturated heterocycles. The number of halogens is 5. The molecule has 0 aliphatic heterocycles. The summed E-state index contributed by atoms with van der Waals surface area (Å²) in [7, 11) is 1.13. The number of rotatable bonds is 4. The fourth-order valence-corrected chi connectivity index (χ4v) is 3.65. The zero-order valence-electron chi connectivity index (χ0n) is 13.7. The number of alkyl halides is 3. The maximum atomic E-state index is 13.5. The quantitative estimate of drug-likeness (QED) is 0.395. The van der Waals surface area contributed by atoms with Gasteiger partial charge in [-0.15, -0.1) is 0 Å². The summed E-state index contributed by atoms with van der Waals surface area (Å²) in [5.41, 5.74) is -5.39. The van der Waals surface area contributed by atoms with E-state index in [9.17, 15) is 38.2 Å². The van der Waals surface area contributed by atoms with Gasteiger partial charge in [-0.25, -0.2) is 0 Å². The number of hydrogen-bond acceptors (Lipinski definition) is 5. The summed E-state index contributed by atoms with van der Waals surface area (Å²) < 4.78 is 41.3. The number of anilines is 1. The van der Waals surface area contributed by atoms with Crippen molar-refractivity contribution in [2.75, 3.05) is 11.9 Å². The predicted octanol–water partition coefficient (Wildman–Crippen LogP) is 5.32. The van der Waals surface area contributed by atoms with Crippen LogP contribution in [0, 0.1) is 20.2 Å². The summed E-state index contributed by atoms with van der Waals surface area (Å²) in [5.74, 6) is -1.35. The smallest absolute Gasteiger partial charge is 0.310 e. The Morgan fingerprint density at radius 3 is 2.14 bits per heavy atom. The second-order valence-electron chi connectivity index (χ2n) is 5.36. The van der Waals surface area contributed by atoms with Crippen molar-refractivity contribution in [3.05, 3.63) is 70.6 Å². The van der Waals surface area contributed by atoms with Gasteiger partial charge in [0.1, 0.15) is 5.56 Å². The van der Waals surface area contributed by atoms with E-state index in [-0.39, 0.29) is 11.8 Å². The second kappa shape index (κ2) is 7.83. The van der Waals surface area contributed by atoms with E-state index < -0.39 is 44.4 Å². The molecule has 0 aliphatic carbocycles. The lowest BCUT2D eigenvalue weighted by Gasteiger charge is -2.21. The topological polar surface area (TPSA) is 107 Å². The molecule has 0 unspecified atom stereocenters. The third kappa shape index (κ3) is 4.30. The van der Waals surface area contributed by atoms with E-state index in [4.69, 9.17) is 0 Å². The second-order valence-corrected chi connectivity index (χ2v) is 7.13. The molecule has 0 aromatic heterocycles. The monoisotopic (exact) mass is 525 g/mol. The highest BCUT2D eigenvalue weighted by Crippen LogP contribution is 2.40. The van der Waals surface area contributed by atoms with Gasteiger partial charge in [-0.05, 0) is 34.1 Å². The van der Waals surface area contributed by atoms with Crippen molar-refractivity contribution in [3.63, 3.8) is 0 Å². The number of hydrogen-bond donors (Lipinski definition) is 0. The maximum absolute atomic E-state index is 13.5. The van der Waals surface area contributed by atoms with Crippen LogP contribution >= 0.6 is 31.9 Å². The SMILES string of the molecule is CN(C(=O)c1c([N+](=O)[O-])cc([N+](=O)[O-])cc1C(F)(F)F)c1ccc(Br)cc1Br. The number of nitro groups is 2. The average Bonchev–Trinajstić information content (AvgIpc) is 2.58. The highest BCUT2D eigenvalue weighted by Gasteiger charge is 2.42. The minimum atomic E-state index is -5.24. The molecule has 0 spiro atoms. The molecular formula is C15H8Br2F3N3O5. The number of amides is 1. The van der Waals surface area contributed by atoms with Crippen LogP contribution in [-0.4, -0.2) is 22.8 Å². The molecule has 0 radical (unpaired) electrons. The Hall–Kier alpha value is -2.54. The van der Waals surface area contributed by atoms with Gasteiger partial charge in [0.05, 0.1) is 27.2 Å². The van der Waals surface area contributed by atoms with Crippen LogP contribution in [0.4, 0.5) is 30.2 Å². The summed E-state index contributed by atoms with van der Waals surface area (Å²) >= 11 is 6.34. The van der Waals surface area contributed by atoms with Crippen molar-refractivity contribution < 1.29 is 27.8 Å². The maximum Gasteiger partial charge on any atom is 0.417 e. The zero-order chi connectivity index (χ0) is 21.4. The van der Waals surface area contributed by atoms with E-state index in [2.05, 4.69) is 31.9 Å². The first-order valence-corrected chi connectivity index (χ1v) is 8.70. The van der Waals surface area contributed by atoms with Crippen molar-refractivity contribution in [3.8, 4) is 0 Å².